The van der Waals surface area contributed by atoms with Crippen molar-refractivity contribution in [3.63, 3.8) is 0 Å². The van der Waals surface area contributed by atoms with Crippen molar-refractivity contribution < 1.29 is 9.66 Å². The van der Waals surface area contributed by atoms with Gasteiger partial charge in [-0.15, -0.1) is 0 Å². The van der Waals surface area contributed by atoms with Crippen LogP contribution < -0.4 is 4.74 Å². The molecule has 1 aliphatic rings. The molecule has 0 spiro atoms. The van der Waals surface area contributed by atoms with Gasteiger partial charge in [-0.05, 0) is 18.8 Å². The molecule has 1 aromatic rings. The summed E-state index contributed by atoms with van der Waals surface area (Å²) in [5.74, 6) is -0.189. The van der Waals surface area contributed by atoms with Crippen molar-refractivity contribution >= 4 is 5.82 Å². The zero-order valence-electron chi connectivity index (χ0n) is 7.06. The van der Waals surface area contributed by atoms with Gasteiger partial charge in [-0.3, -0.25) is 4.57 Å². The van der Waals surface area contributed by atoms with Crippen molar-refractivity contribution in [2.24, 2.45) is 0 Å². The van der Waals surface area contributed by atoms with Gasteiger partial charge in [0, 0.05) is 4.98 Å². The molecule has 0 fully saturated rings. The highest BCUT2D eigenvalue weighted by Crippen LogP contribution is 2.29. The molecule has 13 heavy (non-hydrogen) atoms. The van der Waals surface area contributed by atoms with E-state index in [2.05, 4.69) is 11.9 Å². The van der Waals surface area contributed by atoms with E-state index >= 15 is 0 Å². The number of fused-ring (bicyclic) bond motifs is 1. The summed E-state index contributed by atoms with van der Waals surface area (Å²) >= 11 is 0. The molecule has 0 aromatic carbocycles. The van der Waals surface area contributed by atoms with E-state index in [1.54, 1.807) is 11.5 Å². The molecule has 6 nitrogen and oxygen atoms in total. The lowest BCUT2D eigenvalue weighted by atomic mass is 10.1. The predicted molar refractivity (Wildman–Crippen MR) is 43.3 cm³/mol. The molecule has 1 unspecified atom stereocenters. The predicted octanol–water partition coefficient (Wildman–Crippen LogP) is 0.776. The van der Waals surface area contributed by atoms with Gasteiger partial charge in [-0.1, -0.05) is 0 Å². The van der Waals surface area contributed by atoms with Crippen molar-refractivity contribution in [1.29, 1.82) is 0 Å². The molecule has 1 aliphatic heterocycles. The zero-order valence-corrected chi connectivity index (χ0v) is 7.06. The highest BCUT2D eigenvalue weighted by atomic mass is 16.6. The monoisotopic (exact) mass is 182 g/mol. The van der Waals surface area contributed by atoms with E-state index in [0.717, 1.165) is 0 Å². The molecule has 0 bridgehead atoms. The van der Waals surface area contributed by atoms with Gasteiger partial charge >= 0.3 is 11.8 Å². The molecule has 0 N–H and O–H groups in total. The van der Waals surface area contributed by atoms with Gasteiger partial charge in [0.2, 0.25) is 0 Å². The quantitative estimate of drug-likeness (QED) is 0.475. The molecule has 0 aliphatic carbocycles. The second-order valence-corrected chi connectivity index (χ2v) is 3.32. The summed E-state index contributed by atoms with van der Waals surface area (Å²) in [5, 5.41) is 10.3. The van der Waals surface area contributed by atoms with Crippen LogP contribution in [-0.2, 0) is 6.54 Å². The third-order valence-corrected chi connectivity index (χ3v) is 1.76. The Morgan fingerprint density at radius 2 is 2.62 bits per heavy atom. The average molecular weight is 182 g/mol. The maximum Gasteiger partial charge on any atom is 0.414 e. The minimum atomic E-state index is -0.558. The van der Waals surface area contributed by atoms with Crippen LogP contribution in [0.4, 0.5) is 5.82 Å². The van der Waals surface area contributed by atoms with Crippen LogP contribution in [0.3, 0.4) is 0 Å². The van der Waals surface area contributed by atoms with Gasteiger partial charge in [0.1, 0.15) is 11.8 Å². The van der Waals surface area contributed by atoms with Crippen molar-refractivity contribution in [2.45, 2.75) is 19.1 Å². The van der Waals surface area contributed by atoms with Gasteiger partial charge in [0.05, 0.1) is 6.54 Å². The van der Waals surface area contributed by atoms with Crippen molar-refractivity contribution in [1.82, 2.24) is 9.55 Å². The summed E-state index contributed by atoms with van der Waals surface area (Å²) in [6.07, 6.45) is 1.35. The van der Waals surface area contributed by atoms with Crippen LogP contribution in [0.25, 0.3) is 0 Å². The molecule has 0 saturated heterocycles. The van der Waals surface area contributed by atoms with Crippen LogP contribution >= 0.6 is 0 Å². The fourth-order valence-corrected chi connectivity index (χ4v) is 1.28. The van der Waals surface area contributed by atoms with Crippen LogP contribution in [0.1, 0.15) is 6.92 Å². The first-order valence-corrected chi connectivity index (χ1v) is 3.74. The number of nitro groups is 1. The minimum Gasteiger partial charge on any atom is -0.438 e. The molecular weight excluding hydrogens is 174 g/mol. The Kier molecular flexibility index (Phi) is 1.37. The Hall–Kier alpha value is -1.59. The van der Waals surface area contributed by atoms with E-state index in [9.17, 15) is 10.1 Å². The second kappa shape index (κ2) is 2.21. The molecule has 2 heterocycles. The topological polar surface area (TPSA) is 70.2 Å². The van der Waals surface area contributed by atoms with Gasteiger partial charge in [-0.2, -0.15) is 0 Å². The van der Waals surface area contributed by atoms with E-state index < -0.39 is 10.5 Å². The van der Waals surface area contributed by atoms with E-state index in [0.29, 0.717) is 6.54 Å². The number of rotatable bonds is 1. The Balaban J connectivity index is 2.34. The van der Waals surface area contributed by atoms with Gasteiger partial charge in [0.25, 0.3) is 0 Å². The van der Waals surface area contributed by atoms with E-state index in [1.165, 1.54) is 6.20 Å². The summed E-state index contributed by atoms with van der Waals surface area (Å²) in [6.45, 7) is 6.07. The summed E-state index contributed by atoms with van der Waals surface area (Å²) in [4.78, 5) is 13.5. The lowest BCUT2D eigenvalue weighted by Crippen LogP contribution is -2.26. The Morgan fingerprint density at radius 3 is 3.15 bits per heavy atom. The van der Waals surface area contributed by atoms with Crippen molar-refractivity contribution in [2.75, 3.05) is 0 Å². The van der Waals surface area contributed by atoms with Crippen LogP contribution in [0.2, 0.25) is 0 Å². The van der Waals surface area contributed by atoms with E-state index in [-0.39, 0.29) is 11.8 Å². The van der Waals surface area contributed by atoms with Gasteiger partial charge in [-0.25, -0.2) is 0 Å². The third-order valence-electron chi connectivity index (χ3n) is 1.76. The Bertz CT molecular complexity index is 344. The summed E-state index contributed by atoms with van der Waals surface area (Å²) < 4.78 is 6.85. The minimum absolute atomic E-state index is 0.189. The smallest absolute Gasteiger partial charge is 0.414 e. The Labute approximate surface area is 74.3 Å². The maximum atomic E-state index is 10.3. The van der Waals surface area contributed by atoms with Crippen LogP contribution in [0.15, 0.2) is 6.20 Å². The summed E-state index contributed by atoms with van der Waals surface area (Å²) in [5.41, 5.74) is -0.558. The standard InChI is InChI=1S/C7H8N3O3/c1-7(2)4-9-3-5(10(11)12)8-6(9)13-7/h3H,1,4H2,2H3. The van der Waals surface area contributed by atoms with Gasteiger partial charge in [0.15, 0.2) is 0 Å². The fraction of sp³-hybridized carbons (Fsp3) is 0.429. The largest absolute Gasteiger partial charge is 0.438 e. The lowest BCUT2D eigenvalue weighted by molar-refractivity contribution is -0.389. The molecule has 1 radical (unpaired) electrons. The number of nitrogens with zero attached hydrogens (tertiary/aromatic N) is 3. The number of aromatic nitrogens is 2. The van der Waals surface area contributed by atoms with E-state index in [4.69, 9.17) is 4.74 Å². The van der Waals surface area contributed by atoms with E-state index in [1.807, 2.05) is 0 Å². The maximum absolute atomic E-state index is 10.3. The number of hydrogen-bond donors (Lipinski definition) is 0. The summed E-state index contributed by atoms with van der Waals surface area (Å²) in [6, 6.07) is 0.268. The van der Waals surface area contributed by atoms with Crippen LogP contribution in [0, 0.1) is 17.0 Å². The number of imidazole rings is 1. The van der Waals surface area contributed by atoms with Crippen molar-refractivity contribution in [3.05, 3.63) is 23.2 Å². The lowest BCUT2D eigenvalue weighted by Gasteiger charge is -2.13. The first-order chi connectivity index (χ1) is 5.98. The van der Waals surface area contributed by atoms with Crippen LogP contribution in [-0.4, -0.2) is 20.1 Å². The first kappa shape index (κ1) is 8.03. The molecular formula is C7H8N3O3. The van der Waals surface area contributed by atoms with Crippen LogP contribution in [0.5, 0.6) is 6.01 Å². The highest BCUT2D eigenvalue weighted by Gasteiger charge is 2.36. The highest BCUT2D eigenvalue weighted by molar-refractivity contribution is 5.23. The van der Waals surface area contributed by atoms with Gasteiger partial charge < -0.3 is 14.9 Å². The Morgan fingerprint density at radius 1 is 1.92 bits per heavy atom. The normalized spacial score (nSPS) is 18.0. The molecule has 1 aromatic heterocycles. The molecule has 1 atom stereocenters. The fourth-order valence-electron chi connectivity index (χ4n) is 1.28. The number of hydrogen-bond acceptors (Lipinski definition) is 4. The molecule has 0 saturated carbocycles. The number of ether oxygens (including phenoxy) is 1. The summed E-state index contributed by atoms with van der Waals surface area (Å²) in [7, 11) is 0. The molecule has 2 rings (SSSR count). The third kappa shape index (κ3) is 1.24. The average Bonchev–Trinajstić information content (AvgIpc) is 2.39. The zero-order chi connectivity index (χ0) is 9.64. The first-order valence-electron chi connectivity index (χ1n) is 3.74. The molecule has 69 valence electrons. The molecule has 0 amide bonds. The molecule has 6 heteroatoms. The SMILES string of the molecule is [CH2]C1(C)Cn2cc([N+](=O)[O-])nc2O1. The second-order valence-electron chi connectivity index (χ2n) is 3.32. The van der Waals surface area contributed by atoms with Crippen molar-refractivity contribution in [3.8, 4) is 6.01 Å².